The summed E-state index contributed by atoms with van der Waals surface area (Å²) < 4.78 is 50.7. The average Bonchev–Trinajstić information content (AvgIpc) is 3.01. The van der Waals surface area contributed by atoms with Crippen molar-refractivity contribution in [1.29, 1.82) is 0 Å². The summed E-state index contributed by atoms with van der Waals surface area (Å²) in [6.07, 6.45) is -3.80. The number of nitrogens with zero attached hydrogens (tertiary/aromatic N) is 1. The van der Waals surface area contributed by atoms with Crippen molar-refractivity contribution in [3.8, 4) is 5.75 Å². The van der Waals surface area contributed by atoms with Gasteiger partial charge in [0.25, 0.3) is 11.7 Å². The second kappa shape index (κ2) is 15.6. The molecule has 2 aromatic carbocycles. The van der Waals surface area contributed by atoms with E-state index in [-0.39, 0.29) is 24.5 Å². The third kappa shape index (κ3) is 9.63. The second-order valence-electron chi connectivity index (χ2n) is 10.0. The van der Waals surface area contributed by atoms with Gasteiger partial charge >= 0.3 is 6.18 Å². The molecule has 0 saturated heterocycles. The fourth-order valence-corrected chi connectivity index (χ4v) is 4.07. The minimum Gasteiger partial charge on any atom is -0.497 e. The minimum atomic E-state index is -5.20. The van der Waals surface area contributed by atoms with Crippen molar-refractivity contribution < 1.29 is 41.8 Å². The molecule has 0 bridgehead atoms. The van der Waals surface area contributed by atoms with Crippen LogP contribution in [0.15, 0.2) is 79.0 Å². The molecule has 234 valence electrons. The molecule has 3 unspecified atom stereocenters. The SMILES string of the molecule is COc1ccc(C(NC(=O)C(COCc2ccccc2)NC(=O)c2ccccn2)C(=O)NC(C(=O)C(F)(F)F)C(C)C)cc1. The van der Waals surface area contributed by atoms with E-state index >= 15 is 0 Å². The predicted molar refractivity (Wildman–Crippen MR) is 153 cm³/mol. The van der Waals surface area contributed by atoms with Gasteiger partial charge in [-0.2, -0.15) is 13.2 Å². The molecule has 10 nitrogen and oxygen atoms in total. The quantitative estimate of drug-likeness (QED) is 0.253. The molecule has 3 atom stereocenters. The first-order chi connectivity index (χ1) is 20.9. The van der Waals surface area contributed by atoms with Crippen LogP contribution in [0.4, 0.5) is 13.2 Å². The van der Waals surface area contributed by atoms with E-state index in [2.05, 4.69) is 20.9 Å². The van der Waals surface area contributed by atoms with Crippen LogP contribution in [0.3, 0.4) is 0 Å². The highest BCUT2D eigenvalue weighted by molar-refractivity contribution is 5.98. The normalized spacial score (nSPS) is 13.3. The molecule has 0 aliphatic rings. The predicted octanol–water partition coefficient (Wildman–Crippen LogP) is 3.54. The molecule has 3 N–H and O–H groups in total. The molecule has 0 fully saturated rings. The lowest BCUT2D eigenvalue weighted by Gasteiger charge is -2.27. The zero-order chi connectivity index (χ0) is 32.3. The summed E-state index contributed by atoms with van der Waals surface area (Å²) in [4.78, 5) is 56.0. The number of rotatable bonds is 14. The number of ketones is 1. The lowest BCUT2D eigenvalue weighted by atomic mass is 9.97. The van der Waals surface area contributed by atoms with Gasteiger partial charge in [-0.3, -0.25) is 24.2 Å². The molecule has 1 aromatic heterocycles. The summed E-state index contributed by atoms with van der Waals surface area (Å²) in [6.45, 7) is 2.48. The highest BCUT2D eigenvalue weighted by Crippen LogP contribution is 2.23. The van der Waals surface area contributed by atoms with Gasteiger partial charge in [0, 0.05) is 6.20 Å². The number of methoxy groups -OCH3 is 1. The van der Waals surface area contributed by atoms with Crippen molar-refractivity contribution in [2.75, 3.05) is 13.7 Å². The number of pyridine rings is 1. The first kappa shape index (κ1) is 33.7. The maximum Gasteiger partial charge on any atom is 0.452 e. The van der Waals surface area contributed by atoms with Crippen molar-refractivity contribution in [3.05, 3.63) is 95.8 Å². The fraction of sp³-hybridized carbons (Fsp3) is 0.323. The minimum absolute atomic E-state index is 0.0169. The molecule has 0 radical (unpaired) electrons. The standard InChI is InChI=1S/C31H33F3N4O6/c1-19(2)25(27(39)31(32,33)34)37-30(42)26(21-12-14-22(43-3)15-13-21)38-29(41)24(18-44-17-20-9-5-4-6-10-20)36-28(40)23-11-7-8-16-35-23/h4-16,19,24-26H,17-18H2,1-3H3,(H,36,40)(H,37,42)(H,38,41). The van der Waals surface area contributed by atoms with Gasteiger partial charge in [-0.15, -0.1) is 0 Å². The van der Waals surface area contributed by atoms with E-state index in [4.69, 9.17) is 9.47 Å². The van der Waals surface area contributed by atoms with Crippen LogP contribution in [0.5, 0.6) is 5.75 Å². The Morgan fingerprint density at radius 1 is 0.841 bits per heavy atom. The number of hydrogen-bond acceptors (Lipinski definition) is 7. The highest BCUT2D eigenvalue weighted by Gasteiger charge is 2.45. The second-order valence-corrected chi connectivity index (χ2v) is 10.0. The molecule has 0 aliphatic carbocycles. The van der Waals surface area contributed by atoms with Crippen molar-refractivity contribution >= 4 is 23.5 Å². The molecule has 0 spiro atoms. The Balaban J connectivity index is 1.89. The molecule has 0 saturated carbocycles. The van der Waals surface area contributed by atoms with Gasteiger partial charge in [0.05, 0.1) is 26.4 Å². The Hall–Kier alpha value is -4.78. The number of carbonyl (C=O) groups is 4. The first-order valence-corrected chi connectivity index (χ1v) is 13.6. The zero-order valence-electron chi connectivity index (χ0n) is 24.3. The summed E-state index contributed by atoms with van der Waals surface area (Å²) in [7, 11) is 1.42. The van der Waals surface area contributed by atoms with E-state index in [9.17, 15) is 32.3 Å². The third-order valence-corrected chi connectivity index (χ3v) is 6.44. The number of alkyl halides is 3. The number of Topliss-reactive ketones (excluding diaryl/α,β-unsaturated/α-hetero) is 1. The monoisotopic (exact) mass is 614 g/mol. The topological polar surface area (TPSA) is 136 Å². The number of amides is 3. The van der Waals surface area contributed by atoms with E-state index in [0.717, 1.165) is 5.56 Å². The number of aromatic nitrogens is 1. The van der Waals surface area contributed by atoms with Crippen LogP contribution in [-0.4, -0.2) is 60.5 Å². The van der Waals surface area contributed by atoms with Crippen LogP contribution >= 0.6 is 0 Å². The smallest absolute Gasteiger partial charge is 0.452 e. The van der Waals surface area contributed by atoms with Gasteiger partial charge in [-0.25, -0.2) is 0 Å². The van der Waals surface area contributed by atoms with Crippen LogP contribution in [0.25, 0.3) is 0 Å². The zero-order valence-corrected chi connectivity index (χ0v) is 24.3. The van der Waals surface area contributed by atoms with Crippen LogP contribution in [0.2, 0.25) is 0 Å². The summed E-state index contributed by atoms with van der Waals surface area (Å²) in [6, 6.07) is 14.7. The largest absolute Gasteiger partial charge is 0.497 e. The molecule has 3 aromatic rings. The summed E-state index contributed by atoms with van der Waals surface area (Å²) in [5.74, 6) is -5.27. The van der Waals surface area contributed by atoms with E-state index in [0.29, 0.717) is 5.75 Å². The molecule has 3 rings (SSSR count). The van der Waals surface area contributed by atoms with Gasteiger partial charge < -0.3 is 25.4 Å². The summed E-state index contributed by atoms with van der Waals surface area (Å²) in [5, 5.41) is 7.18. The average molecular weight is 615 g/mol. The number of halogens is 3. The molecule has 44 heavy (non-hydrogen) atoms. The molecular formula is C31H33F3N4O6. The van der Waals surface area contributed by atoms with Gasteiger partial charge in [-0.05, 0) is 41.3 Å². The summed E-state index contributed by atoms with van der Waals surface area (Å²) in [5.41, 5.74) is 0.995. The number of carbonyl (C=O) groups excluding carboxylic acids is 4. The van der Waals surface area contributed by atoms with Crippen molar-refractivity contribution in [1.82, 2.24) is 20.9 Å². The Labute approximate surface area is 252 Å². The van der Waals surface area contributed by atoms with Gasteiger partial charge in [0.1, 0.15) is 23.5 Å². The number of benzene rings is 2. The highest BCUT2D eigenvalue weighted by atomic mass is 19.4. The van der Waals surface area contributed by atoms with Crippen LogP contribution < -0.4 is 20.7 Å². The van der Waals surface area contributed by atoms with Crippen LogP contribution in [0, 0.1) is 5.92 Å². The number of nitrogens with one attached hydrogen (secondary N) is 3. The Bertz CT molecular complexity index is 1400. The Morgan fingerprint density at radius 3 is 2.07 bits per heavy atom. The van der Waals surface area contributed by atoms with Crippen molar-refractivity contribution in [2.45, 2.75) is 44.8 Å². The fourth-order valence-electron chi connectivity index (χ4n) is 4.07. The van der Waals surface area contributed by atoms with E-state index in [1.807, 2.05) is 6.07 Å². The van der Waals surface area contributed by atoms with Gasteiger partial charge in [0.2, 0.25) is 11.8 Å². The van der Waals surface area contributed by atoms with Gasteiger partial charge in [-0.1, -0.05) is 62.4 Å². The van der Waals surface area contributed by atoms with Crippen molar-refractivity contribution in [3.63, 3.8) is 0 Å². The molecule has 3 amide bonds. The van der Waals surface area contributed by atoms with Crippen LogP contribution in [0.1, 0.15) is 41.5 Å². The lowest BCUT2D eigenvalue weighted by Crippen LogP contribution is -2.55. The lowest BCUT2D eigenvalue weighted by molar-refractivity contribution is -0.175. The molecule has 1 heterocycles. The Morgan fingerprint density at radius 2 is 1.50 bits per heavy atom. The molecule has 13 heteroatoms. The molecular weight excluding hydrogens is 581 g/mol. The van der Waals surface area contributed by atoms with Crippen LogP contribution in [-0.2, 0) is 25.7 Å². The maximum atomic E-state index is 13.6. The van der Waals surface area contributed by atoms with Gasteiger partial charge in [0.15, 0.2) is 0 Å². The molecule has 0 aliphatic heterocycles. The van der Waals surface area contributed by atoms with E-state index < -0.39 is 53.7 Å². The van der Waals surface area contributed by atoms with E-state index in [1.165, 1.54) is 57.5 Å². The van der Waals surface area contributed by atoms with Crippen molar-refractivity contribution in [2.24, 2.45) is 5.92 Å². The maximum absolute atomic E-state index is 13.6. The van der Waals surface area contributed by atoms with E-state index in [1.54, 1.807) is 36.4 Å². The summed E-state index contributed by atoms with van der Waals surface area (Å²) >= 11 is 0. The first-order valence-electron chi connectivity index (χ1n) is 13.6. The number of hydrogen-bond donors (Lipinski definition) is 3. The Kier molecular flexibility index (Phi) is 12.0. The number of ether oxygens (including phenoxy) is 2. The third-order valence-electron chi connectivity index (χ3n) is 6.44.